The van der Waals surface area contributed by atoms with E-state index in [4.69, 9.17) is 4.42 Å². The van der Waals surface area contributed by atoms with Crippen LogP contribution in [0.1, 0.15) is 0 Å². The Morgan fingerprint density at radius 1 is 0.500 bits per heavy atom. The number of nitrogens with zero attached hydrogens (tertiary/aromatic N) is 1. The highest BCUT2D eigenvalue weighted by Crippen LogP contribution is 2.44. The lowest BCUT2D eigenvalue weighted by Crippen LogP contribution is -1.79. The summed E-state index contributed by atoms with van der Waals surface area (Å²) in [6, 6.07) is 32.7. The van der Waals surface area contributed by atoms with Gasteiger partial charge in [0.1, 0.15) is 11.2 Å². The van der Waals surface area contributed by atoms with Crippen molar-refractivity contribution in [2.75, 3.05) is 0 Å². The molecule has 30 heavy (non-hydrogen) atoms. The fourth-order valence-electron chi connectivity index (χ4n) is 5.46. The number of hydrogen-bond donors (Lipinski definition) is 0. The number of aromatic nitrogens is 1. The first-order valence-corrected chi connectivity index (χ1v) is 10.3. The molecule has 5 aromatic carbocycles. The monoisotopic (exact) mass is 381 g/mol. The van der Waals surface area contributed by atoms with E-state index in [0.717, 1.165) is 11.2 Å². The van der Waals surface area contributed by atoms with Gasteiger partial charge in [-0.25, -0.2) is 0 Å². The van der Waals surface area contributed by atoms with E-state index in [1.165, 1.54) is 59.6 Å². The first-order chi connectivity index (χ1) is 14.9. The van der Waals surface area contributed by atoms with Gasteiger partial charge in [0.15, 0.2) is 0 Å². The van der Waals surface area contributed by atoms with Gasteiger partial charge in [-0.2, -0.15) is 0 Å². The highest BCUT2D eigenvalue weighted by molar-refractivity contribution is 6.32. The maximum atomic E-state index is 6.23. The van der Waals surface area contributed by atoms with Crippen LogP contribution >= 0.6 is 0 Å². The summed E-state index contributed by atoms with van der Waals surface area (Å²) < 4.78 is 8.65. The molecule has 0 saturated carbocycles. The van der Waals surface area contributed by atoms with Crippen molar-refractivity contribution in [2.24, 2.45) is 0 Å². The Labute approximate surface area is 170 Å². The fourth-order valence-corrected chi connectivity index (χ4v) is 5.46. The number of rotatable bonds is 0. The van der Waals surface area contributed by atoms with Gasteiger partial charge in [0, 0.05) is 38.4 Å². The highest BCUT2D eigenvalue weighted by atomic mass is 16.3. The van der Waals surface area contributed by atoms with Gasteiger partial charge in [0.2, 0.25) is 0 Å². The molecule has 3 aromatic heterocycles. The largest absolute Gasteiger partial charge is 0.456 e. The number of benzene rings is 5. The molecule has 0 aliphatic carbocycles. The van der Waals surface area contributed by atoms with Crippen LogP contribution in [0.5, 0.6) is 0 Å². The first kappa shape index (κ1) is 14.9. The zero-order valence-corrected chi connectivity index (χ0v) is 16.0. The molecule has 138 valence electrons. The second kappa shape index (κ2) is 4.92. The molecule has 0 atom stereocenters. The molecule has 0 radical (unpaired) electrons. The maximum Gasteiger partial charge on any atom is 0.137 e. The predicted molar refractivity (Wildman–Crippen MR) is 126 cm³/mol. The van der Waals surface area contributed by atoms with E-state index < -0.39 is 0 Å². The van der Waals surface area contributed by atoms with Crippen molar-refractivity contribution in [3.63, 3.8) is 0 Å². The molecule has 0 bridgehead atoms. The van der Waals surface area contributed by atoms with Crippen LogP contribution in [0.4, 0.5) is 0 Å². The van der Waals surface area contributed by atoms with Gasteiger partial charge in [-0.3, -0.25) is 0 Å². The summed E-state index contributed by atoms with van der Waals surface area (Å²) in [4.78, 5) is 0. The minimum absolute atomic E-state index is 0.942. The second-order valence-corrected chi connectivity index (χ2v) is 8.19. The number of hydrogen-bond acceptors (Lipinski definition) is 1. The van der Waals surface area contributed by atoms with Crippen LogP contribution in [0.2, 0.25) is 0 Å². The third kappa shape index (κ3) is 1.60. The van der Waals surface area contributed by atoms with Gasteiger partial charge in [0.05, 0.1) is 16.6 Å². The summed E-state index contributed by atoms with van der Waals surface area (Å²) in [5.74, 6) is 0. The molecule has 8 aromatic rings. The van der Waals surface area contributed by atoms with E-state index in [1.807, 2.05) is 12.1 Å². The van der Waals surface area contributed by atoms with Crippen molar-refractivity contribution < 1.29 is 4.42 Å². The normalized spacial score (nSPS) is 12.7. The Morgan fingerprint density at radius 3 is 2.20 bits per heavy atom. The number of furan rings is 1. The van der Waals surface area contributed by atoms with Crippen molar-refractivity contribution in [1.29, 1.82) is 0 Å². The third-order valence-corrected chi connectivity index (χ3v) is 6.69. The summed E-state index contributed by atoms with van der Waals surface area (Å²) in [5, 5.41) is 10.2. The van der Waals surface area contributed by atoms with Gasteiger partial charge in [-0.05, 0) is 35.0 Å². The van der Waals surface area contributed by atoms with Gasteiger partial charge < -0.3 is 8.82 Å². The van der Waals surface area contributed by atoms with Gasteiger partial charge >= 0.3 is 0 Å². The van der Waals surface area contributed by atoms with Crippen LogP contribution < -0.4 is 0 Å². The highest BCUT2D eigenvalue weighted by Gasteiger charge is 2.21. The summed E-state index contributed by atoms with van der Waals surface area (Å²) in [6.07, 6.45) is 0. The number of fused-ring (bicyclic) bond motifs is 11. The molecule has 3 heterocycles. The minimum Gasteiger partial charge on any atom is -0.456 e. The topological polar surface area (TPSA) is 17.6 Å². The van der Waals surface area contributed by atoms with Crippen molar-refractivity contribution in [3.05, 3.63) is 91.0 Å². The standard InChI is InChI=1S/C28H15NO/c1-2-8-17-16(7-1)13-22-20-14-21-18-9-4-6-12-25(18)30-26(21)15-24(20)29-23-11-5-3-10-19(23)27(17)28(22)29/h1-15H. The lowest BCUT2D eigenvalue weighted by atomic mass is 10.00. The fraction of sp³-hybridized carbons (Fsp3) is 0. The van der Waals surface area contributed by atoms with Gasteiger partial charge in [0.25, 0.3) is 0 Å². The molecule has 2 heteroatoms. The van der Waals surface area contributed by atoms with Crippen LogP contribution in [0, 0.1) is 0 Å². The molecule has 0 amide bonds. The number of para-hydroxylation sites is 2. The Kier molecular flexibility index (Phi) is 2.44. The predicted octanol–water partition coefficient (Wildman–Crippen LogP) is 7.89. The molecule has 0 N–H and O–H groups in total. The molecule has 2 nitrogen and oxygen atoms in total. The van der Waals surface area contributed by atoms with E-state index in [9.17, 15) is 0 Å². The Balaban J connectivity index is 1.75. The Morgan fingerprint density at radius 2 is 1.27 bits per heavy atom. The molecule has 0 fully saturated rings. The van der Waals surface area contributed by atoms with Crippen LogP contribution in [0.3, 0.4) is 0 Å². The molecule has 0 unspecified atom stereocenters. The molecule has 0 aliphatic rings. The van der Waals surface area contributed by atoms with E-state index >= 15 is 0 Å². The lowest BCUT2D eigenvalue weighted by Gasteiger charge is -2.02. The lowest BCUT2D eigenvalue weighted by molar-refractivity contribution is 0.669. The smallest absolute Gasteiger partial charge is 0.137 e. The molecule has 8 rings (SSSR count). The van der Waals surface area contributed by atoms with E-state index in [2.05, 4.69) is 83.3 Å². The van der Waals surface area contributed by atoms with E-state index in [-0.39, 0.29) is 0 Å². The molecular formula is C28H15NO. The van der Waals surface area contributed by atoms with E-state index in [0.29, 0.717) is 0 Å². The molecule has 0 saturated heterocycles. The van der Waals surface area contributed by atoms with Gasteiger partial charge in [-0.15, -0.1) is 0 Å². The third-order valence-electron chi connectivity index (χ3n) is 6.69. The zero-order chi connectivity index (χ0) is 19.4. The molecule has 0 aliphatic heterocycles. The zero-order valence-electron chi connectivity index (χ0n) is 16.0. The van der Waals surface area contributed by atoms with Crippen LogP contribution in [0.15, 0.2) is 95.4 Å². The average Bonchev–Trinajstić information content (AvgIpc) is 3.43. The molecule has 0 spiro atoms. The summed E-state index contributed by atoms with van der Waals surface area (Å²) in [5.41, 5.74) is 5.65. The first-order valence-electron chi connectivity index (χ1n) is 10.3. The second-order valence-electron chi connectivity index (χ2n) is 8.19. The van der Waals surface area contributed by atoms with Crippen molar-refractivity contribution in [2.45, 2.75) is 0 Å². The van der Waals surface area contributed by atoms with Crippen molar-refractivity contribution in [1.82, 2.24) is 4.40 Å². The van der Waals surface area contributed by atoms with Crippen molar-refractivity contribution >= 4 is 70.8 Å². The summed E-state index contributed by atoms with van der Waals surface area (Å²) in [6.45, 7) is 0. The molecular weight excluding hydrogens is 366 g/mol. The maximum absolute atomic E-state index is 6.23. The van der Waals surface area contributed by atoms with Gasteiger partial charge in [-0.1, -0.05) is 60.7 Å². The van der Waals surface area contributed by atoms with Crippen molar-refractivity contribution in [3.8, 4) is 0 Å². The SMILES string of the molecule is c1ccc2c(c1)cc1c3cc4c(cc3n3c5ccccc5c2c13)oc1ccccc14. The van der Waals surface area contributed by atoms with Crippen LogP contribution in [0.25, 0.3) is 70.8 Å². The Bertz CT molecular complexity index is 1950. The van der Waals surface area contributed by atoms with Crippen LogP contribution in [-0.4, -0.2) is 4.40 Å². The summed E-state index contributed by atoms with van der Waals surface area (Å²) >= 11 is 0. The van der Waals surface area contributed by atoms with Crippen LogP contribution in [-0.2, 0) is 0 Å². The summed E-state index contributed by atoms with van der Waals surface area (Å²) in [7, 11) is 0. The Hall–Kier alpha value is -4.04. The quantitative estimate of drug-likeness (QED) is 0.261. The van der Waals surface area contributed by atoms with E-state index in [1.54, 1.807) is 0 Å². The minimum atomic E-state index is 0.942. The average molecular weight is 381 g/mol.